The minimum absolute atomic E-state index is 0.124. The predicted molar refractivity (Wildman–Crippen MR) is 145 cm³/mol. The van der Waals surface area contributed by atoms with Crippen molar-refractivity contribution in [3.05, 3.63) is 80.2 Å². The highest BCUT2D eigenvalue weighted by Gasteiger charge is 2.43. The molecule has 10 nitrogen and oxygen atoms in total. The molecule has 10 heteroatoms. The Bertz CT molecular complexity index is 1440. The highest BCUT2D eigenvalue weighted by atomic mass is 16.6. The lowest BCUT2D eigenvalue weighted by Crippen LogP contribution is -2.36. The number of esters is 1. The van der Waals surface area contributed by atoms with Crippen LogP contribution in [0, 0.1) is 10.1 Å². The molecule has 2 atom stereocenters. The lowest BCUT2D eigenvalue weighted by Gasteiger charge is -2.37. The van der Waals surface area contributed by atoms with E-state index < -0.39 is 28.2 Å². The van der Waals surface area contributed by atoms with Crippen LogP contribution >= 0.6 is 0 Å². The average Bonchev–Trinajstić information content (AvgIpc) is 3.45. The van der Waals surface area contributed by atoms with E-state index in [0.717, 1.165) is 31.2 Å². The molecule has 2 unspecified atom stereocenters. The number of nitro benzene ring substituents is 1. The summed E-state index contributed by atoms with van der Waals surface area (Å²) in [5.41, 5.74) is 2.34. The predicted octanol–water partition coefficient (Wildman–Crippen LogP) is 5.17. The molecule has 3 aliphatic rings. The SMILES string of the molecule is COc1ccccc1C1CC(=O)C2=C(C1)NC(C)=C(C(=O)OC1CCCC1)C2c1cc(OC)c(O)c([N+](=O)[O-])c1. The Balaban J connectivity index is 1.64. The summed E-state index contributed by atoms with van der Waals surface area (Å²) in [6, 6.07) is 10.2. The van der Waals surface area contributed by atoms with Crippen LogP contribution in [0.2, 0.25) is 0 Å². The van der Waals surface area contributed by atoms with Crippen LogP contribution in [0.5, 0.6) is 17.2 Å². The summed E-state index contributed by atoms with van der Waals surface area (Å²) in [7, 11) is 2.87. The van der Waals surface area contributed by atoms with E-state index in [4.69, 9.17) is 14.2 Å². The van der Waals surface area contributed by atoms with Gasteiger partial charge in [-0.25, -0.2) is 4.79 Å². The van der Waals surface area contributed by atoms with Crippen molar-refractivity contribution in [2.45, 2.75) is 63.4 Å². The van der Waals surface area contributed by atoms with Gasteiger partial charge < -0.3 is 24.6 Å². The number of benzene rings is 2. The number of aromatic hydroxyl groups is 1. The molecule has 210 valence electrons. The number of Topliss-reactive ketones (excluding diaryl/α,β-unsaturated/α-hetero) is 1. The Kier molecular flexibility index (Phi) is 7.51. The minimum atomic E-state index is -0.940. The van der Waals surface area contributed by atoms with Crippen molar-refractivity contribution in [1.82, 2.24) is 5.32 Å². The number of phenolic OH excluding ortho intramolecular Hbond substituents is 1. The maximum Gasteiger partial charge on any atom is 0.337 e. The second-order valence-corrected chi connectivity index (χ2v) is 10.4. The van der Waals surface area contributed by atoms with E-state index in [2.05, 4.69) is 5.32 Å². The number of nitrogens with zero attached hydrogens (tertiary/aromatic N) is 1. The van der Waals surface area contributed by atoms with Gasteiger partial charge in [-0.05, 0) is 62.3 Å². The first kappa shape index (κ1) is 27.2. The molecule has 5 rings (SSSR count). The number of phenols is 1. The zero-order chi connectivity index (χ0) is 28.6. The molecule has 1 aliphatic heterocycles. The van der Waals surface area contributed by atoms with Gasteiger partial charge in [0.2, 0.25) is 5.75 Å². The summed E-state index contributed by atoms with van der Waals surface area (Å²) in [5.74, 6) is -1.93. The standard InChI is InChI=1S/C30H32N2O8/c1-16-26(30(35)40-19-8-4-5-9-19)27(18-13-22(32(36)37)29(34)25(15-18)39-3)28-21(31-16)12-17(14-23(28)33)20-10-6-7-11-24(20)38-2/h6-7,10-11,13,15,17,19,27,31,34H,4-5,8-9,12,14H2,1-3H3. The quantitative estimate of drug-likeness (QED) is 0.273. The maximum atomic E-state index is 13.9. The smallest absolute Gasteiger partial charge is 0.337 e. The molecule has 0 saturated heterocycles. The van der Waals surface area contributed by atoms with Gasteiger partial charge in [0.25, 0.3) is 0 Å². The van der Waals surface area contributed by atoms with Gasteiger partial charge in [0.05, 0.1) is 24.7 Å². The summed E-state index contributed by atoms with van der Waals surface area (Å²) in [4.78, 5) is 38.7. The van der Waals surface area contributed by atoms with Crippen LogP contribution in [0.3, 0.4) is 0 Å². The number of allylic oxidation sites excluding steroid dienone is 3. The van der Waals surface area contributed by atoms with E-state index in [9.17, 15) is 24.8 Å². The van der Waals surface area contributed by atoms with Crippen LogP contribution in [0.15, 0.2) is 58.9 Å². The molecule has 2 N–H and O–H groups in total. The van der Waals surface area contributed by atoms with Crippen LogP contribution in [0.4, 0.5) is 5.69 Å². The number of hydrogen-bond acceptors (Lipinski definition) is 9. The third-order valence-corrected chi connectivity index (χ3v) is 8.03. The van der Waals surface area contributed by atoms with E-state index in [1.807, 2.05) is 24.3 Å². The summed E-state index contributed by atoms with van der Waals surface area (Å²) in [6.07, 6.45) is 3.89. The fourth-order valence-electron chi connectivity index (χ4n) is 6.16. The number of rotatable bonds is 7. The molecule has 0 amide bonds. The third kappa shape index (κ3) is 4.89. The van der Waals surface area contributed by atoms with Crippen molar-refractivity contribution >= 4 is 17.4 Å². The molecule has 0 spiro atoms. The summed E-state index contributed by atoms with van der Waals surface area (Å²) < 4.78 is 16.7. The van der Waals surface area contributed by atoms with Gasteiger partial charge in [-0.3, -0.25) is 14.9 Å². The van der Waals surface area contributed by atoms with E-state index in [1.165, 1.54) is 19.2 Å². The molecule has 1 saturated carbocycles. The van der Waals surface area contributed by atoms with E-state index in [1.54, 1.807) is 14.0 Å². The van der Waals surface area contributed by atoms with Gasteiger partial charge in [-0.1, -0.05) is 18.2 Å². The fourth-order valence-corrected chi connectivity index (χ4v) is 6.16. The first-order valence-electron chi connectivity index (χ1n) is 13.4. The zero-order valence-electron chi connectivity index (χ0n) is 22.7. The highest BCUT2D eigenvalue weighted by Crippen LogP contribution is 2.49. The van der Waals surface area contributed by atoms with E-state index in [0.29, 0.717) is 29.1 Å². The number of ether oxygens (including phenoxy) is 3. The molecule has 2 aromatic carbocycles. The number of ketones is 1. The number of hydrogen-bond donors (Lipinski definition) is 2. The van der Waals surface area contributed by atoms with Gasteiger partial charge in [-0.15, -0.1) is 0 Å². The summed E-state index contributed by atoms with van der Waals surface area (Å²) >= 11 is 0. The molecule has 2 aliphatic carbocycles. The van der Waals surface area contributed by atoms with E-state index >= 15 is 0 Å². The first-order chi connectivity index (χ1) is 19.2. The number of para-hydroxylation sites is 1. The fraction of sp³-hybridized carbons (Fsp3) is 0.400. The van der Waals surface area contributed by atoms with Crippen molar-refractivity contribution in [2.24, 2.45) is 0 Å². The van der Waals surface area contributed by atoms with Crippen molar-refractivity contribution in [3.63, 3.8) is 0 Å². The monoisotopic (exact) mass is 548 g/mol. The second kappa shape index (κ2) is 11.0. The minimum Gasteiger partial charge on any atom is -0.500 e. The highest BCUT2D eigenvalue weighted by molar-refractivity contribution is 6.04. The summed E-state index contributed by atoms with van der Waals surface area (Å²) in [5, 5.41) is 25.5. The van der Waals surface area contributed by atoms with Gasteiger partial charge >= 0.3 is 11.7 Å². The van der Waals surface area contributed by atoms with Crippen LogP contribution in [-0.4, -0.2) is 42.1 Å². The molecule has 0 radical (unpaired) electrons. The van der Waals surface area contributed by atoms with E-state index in [-0.39, 0.29) is 41.1 Å². The molecular formula is C30H32N2O8. The number of nitro groups is 1. The molecule has 1 fully saturated rings. The van der Waals surface area contributed by atoms with Gasteiger partial charge in [0.15, 0.2) is 11.5 Å². The molecule has 0 aromatic heterocycles. The molecule has 0 bridgehead atoms. The number of methoxy groups -OCH3 is 2. The van der Waals surface area contributed by atoms with Gasteiger partial charge in [0.1, 0.15) is 11.9 Å². The molecule has 1 heterocycles. The van der Waals surface area contributed by atoms with Crippen LogP contribution in [0.1, 0.15) is 68.4 Å². The Morgan fingerprint density at radius 1 is 1.07 bits per heavy atom. The molecule has 2 aromatic rings. The number of carbonyl (C=O) groups is 2. The zero-order valence-corrected chi connectivity index (χ0v) is 22.7. The number of dihydropyridines is 1. The first-order valence-corrected chi connectivity index (χ1v) is 13.4. The van der Waals surface area contributed by atoms with Gasteiger partial charge in [-0.2, -0.15) is 0 Å². The number of nitrogens with one attached hydrogen (secondary N) is 1. The Morgan fingerprint density at radius 2 is 1.77 bits per heavy atom. The Labute approximate surface area is 231 Å². The van der Waals surface area contributed by atoms with Gasteiger partial charge in [0, 0.05) is 41.3 Å². The number of carbonyl (C=O) groups excluding carboxylic acids is 2. The average molecular weight is 549 g/mol. The molecule has 40 heavy (non-hydrogen) atoms. The Morgan fingerprint density at radius 3 is 2.45 bits per heavy atom. The normalized spacial score (nSPS) is 21.1. The van der Waals surface area contributed by atoms with Crippen LogP contribution in [-0.2, 0) is 14.3 Å². The lowest BCUT2D eigenvalue weighted by atomic mass is 9.71. The van der Waals surface area contributed by atoms with Crippen molar-refractivity contribution in [1.29, 1.82) is 0 Å². The van der Waals surface area contributed by atoms with Crippen LogP contribution in [0.25, 0.3) is 0 Å². The van der Waals surface area contributed by atoms with Crippen LogP contribution < -0.4 is 14.8 Å². The molecular weight excluding hydrogens is 516 g/mol. The Hall–Kier alpha value is -4.34. The third-order valence-electron chi connectivity index (χ3n) is 8.03. The van der Waals surface area contributed by atoms with Crippen molar-refractivity contribution in [3.8, 4) is 17.2 Å². The lowest BCUT2D eigenvalue weighted by molar-refractivity contribution is -0.386. The van der Waals surface area contributed by atoms with Crippen molar-refractivity contribution < 1.29 is 33.8 Å². The largest absolute Gasteiger partial charge is 0.500 e. The second-order valence-electron chi connectivity index (χ2n) is 10.4. The maximum absolute atomic E-state index is 13.9. The van der Waals surface area contributed by atoms with Crippen molar-refractivity contribution in [2.75, 3.05) is 14.2 Å². The topological polar surface area (TPSA) is 137 Å². The summed E-state index contributed by atoms with van der Waals surface area (Å²) in [6.45, 7) is 1.74.